The Balaban J connectivity index is 2.85. The zero-order valence-electron chi connectivity index (χ0n) is 11.3. The smallest absolute Gasteiger partial charge is 0.417 e. The van der Waals surface area contributed by atoms with Crippen LogP contribution < -0.4 is 0 Å². The maximum Gasteiger partial charge on any atom is 0.417 e. The van der Waals surface area contributed by atoms with Gasteiger partial charge in [-0.3, -0.25) is 4.79 Å². The molecule has 1 unspecified atom stereocenters. The van der Waals surface area contributed by atoms with E-state index < -0.39 is 11.7 Å². The van der Waals surface area contributed by atoms with Crippen molar-refractivity contribution in [1.82, 2.24) is 4.90 Å². The van der Waals surface area contributed by atoms with Gasteiger partial charge in [-0.25, -0.2) is 9.69 Å². The van der Waals surface area contributed by atoms with Crippen molar-refractivity contribution in [3.63, 3.8) is 0 Å². The highest BCUT2D eigenvalue weighted by molar-refractivity contribution is 5.93. The summed E-state index contributed by atoms with van der Waals surface area (Å²) in [5, 5.41) is 0. The number of carbonyl (C=O) groups is 3. The van der Waals surface area contributed by atoms with E-state index in [0.717, 1.165) is 24.0 Å². The number of hydrogen-bond acceptors (Lipinski definition) is 4. The number of nitrogens with zero attached hydrogens (tertiary/aromatic N) is 1. The predicted molar refractivity (Wildman–Crippen MR) is 66.0 cm³/mol. The molecular weight excluding hydrogens is 234 g/mol. The third-order valence-corrected chi connectivity index (χ3v) is 2.77. The molecule has 0 saturated carbocycles. The summed E-state index contributed by atoms with van der Waals surface area (Å²) in [6.07, 6.45) is 2.92. The number of carbonyl (C=O) groups excluding carboxylic acids is 3. The van der Waals surface area contributed by atoms with Crippen LogP contribution in [0.15, 0.2) is 0 Å². The minimum absolute atomic E-state index is 0.185. The number of aldehydes is 1. The van der Waals surface area contributed by atoms with Gasteiger partial charge in [0.15, 0.2) is 0 Å². The Bertz CT molecular complexity index is 332. The summed E-state index contributed by atoms with van der Waals surface area (Å²) in [6.45, 7) is 5.26. The van der Waals surface area contributed by atoms with E-state index in [1.165, 1.54) is 0 Å². The van der Waals surface area contributed by atoms with E-state index in [-0.39, 0.29) is 18.4 Å². The van der Waals surface area contributed by atoms with Gasteiger partial charge in [-0.1, -0.05) is 6.42 Å². The van der Waals surface area contributed by atoms with E-state index >= 15 is 0 Å². The topological polar surface area (TPSA) is 63.7 Å². The zero-order valence-corrected chi connectivity index (χ0v) is 11.3. The van der Waals surface area contributed by atoms with Gasteiger partial charge in [-0.2, -0.15) is 0 Å². The Hall–Kier alpha value is -1.39. The van der Waals surface area contributed by atoms with E-state index in [2.05, 4.69) is 0 Å². The molecule has 1 heterocycles. The summed E-state index contributed by atoms with van der Waals surface area (Å²) >= 11 is 0. The zero-order chi connectivity index (χ0) is 13.8. The van der Waals surface area contributed by atoms with Gasteiger partial charge in [0.05, 0.1) is 0 Å². The molecule has 1 aliphatic heterocycles. The Morgan fingerprint density at radius 2 is 2.11 bits per heavy atom. The van der Waals surface area contributed by atoms with Crippen molar-refractivity contribution in [2.45, 2.75) is 64.5 Å². The molecule has 5 nitrogen and oxygen atoms in total. The van der Waals surface area contributed by atoms with Crippen LogP contribution in [0.2, 0.25) is 0 Å². The van der Waals surface area contributed by atoms with Crippen molar-refractivity contribution >= 4 is 18.3 Å². The Labute approximate surface area is 107 Å². The number of ether oxygens (including phenoxy) is 1. The van der Waals surface area contributed by atoms with Crippen LogP contribution in [0.1, 0.15) is 52.9 Å². The van der Waals surface area contributed by atoms with Crippen LogP contribution in [0.5, 0.6) is 0 Å². The summed E-state index contributed by atoms with van der Waals surface area (Å²) in [5.41, 5.74) is -0.643. The fourth-order valence-electron chi connectivity index (χ4n) is 2.01. The lowest BCUT2D eigenvalue weighted by atomic mass is 10.1. The van der Waals surface area contributed by atoms with Crippen LogP contribution in [-0.2, 0) is 14.3 Å². The van der Waals surface area contributed by atoms with E-state index in [4.69, 9.17) is 4.74 Å². The average molecular weight is 255 g/mol. The molecule has 5 heteroatoms. The van der Waals surface area contributed by atoms with Crippen LogP contribution in [0, 0.1) is 0 Å². The number of imide groups is 1. The molecule has 0 aromatic heterocycles. The lowest BCUT2D eigenvalue weighted by Crippen LogP contribution is -2.46. The van der Waals surface area contributed by atoms with Crippen molar-refractivity contribution in [2.75, 3.05) is 0 Å². The van der Waals surface area contributed by atoms with Gasteiger partial charge in [0.1, 0.15) is 11.9 Å². The summed E-state index contributed by atoms with van der Waals surface area (Å²) < 4.78 is 5.23. The summed E-state index contributed by atoms with van der Waals surface area (Å²) in [6, 6.07) is -0.354. The highest BCUT2D eigenvalue weighted by Crippen LogP contribution is 2.22. The third kappa shape index (κ3) is 4.13. The van der Waals surface area contributed by atoms with Gasteiger partial charge in [0.25, 0.3) is 0 Å². The number of amides is 2. The fraction of sp³-hybridized carbons (Fsp3) is 0.769. The number of rotatable bonds is 2. The SMILES string of the molecule is CC(C)(C)OC(=O)N1C(=O)CCCCC1CC=O. The molecule has 0 N–H and O–H groups in total. The van der Waals surface area contributed by atoms with Gasteiger partial charge in [-0.05, 0) is 33.6 Å². The fourth-order valence-corrected chi connectivity index (χ4v) is 2.01. The molecule has 0 aromatic rings. The maximum absolute atomic E-state index is 12.0. The molecule has 0 bridgehead atoms. The molecule has 0 aliphatic carbocycles. The molecule has 1 fully saturated rings. The second kappa shape index (κ2) is 5.98. The second-order valence-electron chi connectivity index (χ2n) is 5.55. The minimum atomic E-state index is -0.643. The summed E-state index contributed by atoms with van der Waals surface area (Å²) in [5.74, 6) is -0.242. The Morgan fingerprint density at radius 3 is 2.67 bits per heavy atom. The van der Waals surface area contributed by atoms with Crippen LogP contribution >= 0.6 is 0 Å². The Kier molecular flexibility index (Phi) is 4.87. The Morgan fingerprint density at radius 1 is 1.44 bits per heavy atom. The first-order valence-corrected chi connectivity index (χ1v) is 6.34. The first-order valence-electron chi connectivity index (χ1n) is 6.34. The molecule has 1 aliphatic rings. The van der Waals surface area contributed by atoms with Crippen molar-refractivity contribution in [3.05, 3.63) is 0 Å². The lowest BCUT2D eigenvalue weighted by Gasteiger charge is -2.29. The maximum atomic E-state index is 12.0. The van der Waals surface area contributed by atoms with Crippen molar-refractivity contribution < 1.29 is 19.1 Å². The van der Waals surface area contributed by atoms with Gasteiger partial charge in [0.2, 0.25) is 5.91 Å². The molecule has 102 valence electrons. The van der Waals surface area contributed by atoms with Gasteiger partial charge in [-0.15, -0.1) is 0 Å². The van der Waals surface area contributed by atoms with Crippen molar-refractivity contribution in [1.29, 1.82) is 0 Å². The summed E-state index contributed by atoms with van der Waals surface area (Å²) in [4.78, 5) is 35.8. The van der Waals surface area contributed by atoms with E-state index in [1.807, 2.05) is 0 Å². The molecule has 0 spiro atoms. The largest absolute Gasteiger partial charge is 0.443 e. The third-order valence-electron chi connectivity index (χ3n) is 2.77. The van der Waals surface area contributed by atoms with Gasteiger partial charge in [0, 0.05) is 18.9 Å². The van der Waals surface area contributed by atoms with E-state index in [1.54, 1.807) is 20.8 Å². The minimum Gasteiger partial charge on any atom is -0.443 e. The highest BCUT2D eigenvalue weighted by atomic mass is 16.6. The van der Waals surface area contributed by atoms with Crippen molar-refractivity contribution in [2.24, 2.45) is 0 Å². The van der Waals surface area contributed by atoms with Crippen LogP contribution in [0.25, 0.3) is 0 Å². The van der Waals surface area contributed by atoms with E-state index in [9.17, 15) is 14.4 Å². The lowest BCUT2D eigenvalue weighted by molar-refractivity contribution is -0.132. The molecule has 0 aromatic carbocycles. The van der Waals surface area contributed by atoms with Crippen molar-refractivity contribution in [3.8, 4) is 0 Å². The second-order valence-corrected chi connectivity index (χ2v) is 5.55. The molecule has 0 radical (unpaired) electrons. The quantitative estimate of drug-likeness (QED) is 0.710. The van der Waals surface area contributed by atoms with E-state index in [0.29, 0.717) is 12.8 Å². The first-order chi connectivity index (χ1) is 8.35. The first kappa shape index (κ1) is 14.7. The molecule has 2 amide bonds. The molecule has 1 rings (SSSR count). The average Bonchev–Trinajstić information content (AvgIpc) is 2.38. The van der Waals surface area contributed by atoms with Crippen LogP contribution in [0.4, 0.5) is 4.79 Å². The van der Waals surface area contributed by atoms with Crippen LogP contribution in [0.3, 0.4) is 0 Å². The standard InChI is InChI=1S/C13H21NO4/c1-13(2,3)18-12(17)14-10(8-9-15)6-4-5-7-11(14)16/h9-10H,4-8H2,1-3H3. The normalized spacial score (nSPS) is 21.4. The molecule has 18 heavy (non-hydrogen) atoms. The van der Waals surface area contributed by atoms with Crippen LogP contribution in [-0.4, -0.2) is 34.8 Å². The van der Waals surface area contributed by atoms with Gasteiger partial charge >= 0.3 is 6.09 Å². The highest BCUT2D eigenvalue weighted by Gasteiger charge is 2.34. The number of likely N-dealkylation sites (tertiary alicyclic amines) is 1. The molecule has 1 saturated heterocycles. The molecule has 1 atom stereocenters. The number of hydrogen-bond donors (Lipinski definition) is 0. The van der Waals surface area contributed by atoms with Gasteiger partial charge < -0.3 is 9.53 Å². The predicted octanol–water partition coefficient (Wildman–Crippen LogP) is 2.28. The summed E-state index contributed by atoms with van der Waals surface area (Å²) in [7, 11) is 0. The monoisotopic (exact) mass is 255 g/mol. The molecular formula is C13H21NO4.